The van der Waals surface area contributed by atoms with Crippen molar-refractivity contribution >= 4 is 0 Å². The number of nitrogens with zero attached hydrogens (tertiary/aromatic N) is 3. The molecule has 1 aliphatic rings. The molecule has 1 atom stereocenters. The van der Waals surface area contributed by atoms with Gasteiger partial charge in [0.2, 0.25) is 0 Å². The van der Waals surface area contributed by atoms with E-state index in [9.17, 15) is 0 Å². The first-order chi connectivity index (χ1) is 10.0. The van der Waals surface area contributed by atoms with Crippen molar-refractivity contribution in [2.75, 3.05) is 6.54 Å². The summed E-state index contributed by atoms with van der Waals surface area (Å²) in [6.07, 6.45) is 5.35. The van der Waals surface area contributed by atoms with Crippen LogP contribution in [0.1, 0.15) is 57.1 Å². The fraction of sp³-hybridized carbons (Fsp3) is 0.588. The van der Waals surface area contributed by atoms with E-state index in [2.05, 4.69) is 65.7 Å². The lowest BCUT2D eigenvalue weighted by molar-refractivity contribution is 0.143. The normalized spacial score (nSPS) is 19.7. The van der Waals surface area contributed by atoms with Crippen molar-refractivity contribution in [1.82, 2.24) is 19.7 Å². The second-order valence-electron chi connectivity index (χ2n) is 7.04. The number of nitrogens with one attached hydrogen (secondary N) is 1. The zero-order chi connectivity index (χ0) is 15.0. The molecule has 0 aliphatic carbocycles. The van der Waals surface area contributed by atoms with Gasteiger partial charge >= 0.3 is 0 Å². The Morgan fingerprint density at radius 3 is 2.86 bits per heavy atom. The van der Waals surface area contributed by atoms with E-state index in [0.29, 0.717) is 6.04 Å². The smallest absolute Gasteiger partial charge is 0.0535 e. The minimum Gasteiger partial charge on any atom is -0.349 e. The van der Waals surface area contributed by atoms with Crippen LogP contribution in [0.2, 0.25) is 0 Å². The van der Waals surface area contributed by atoms with Crippen LogP contribution in [0.15, 0.2) is 24.5 Å². The van der Waals surface area contributed by atoms with Gasteiger partial charge in [-0.25, -0.2) is 0 Å². The number of hydrogen-bond acceptors (Lipinski definition) is 2. The minimum absolute atomic E-state index is 0.115. The molecule has 3 heterocycles. The number of aromatic nitrogens is 3. The Kier molecular flexibility index (Phi) is 3.66. The third kappa shape index (κ3) is 2.64. The Morgan fingerprint density at radius 2 is 2.14 bits per heavy atom. The maximum Gasteiger partial charge on any atom is 0.0535 e. The van der Waals surface area contributed by atoms with E-state index in [-0.39, 0.29) is 5.41 Å². The average Bonchev–Trinajstić information content (AvgIpc) is 3.05. The highest BCUT2D eigenvalue weighted by Gasteiger charge is 2.28. The topological polar surface area (TPSA) is 36.9 Å². The molecule has 0 amide bonds. The van der Waals surface area contributed by atoms with Gasteiger partial charge in [0.1, 0.15) is 0 Å². The van der Waals surface area contributed by atoms with E-state index in [1.54, 1.807) is 0 Å². The van der Waals surface area contributed by atoms with E-state index in [1.165, 1.54) is 17.0 Å². The Labute approximate surface area is 127 Å². The third-order valence-corrected chi connectivity index (χ3v) is 4.50. The summed E-state index contributed by atoms with van der Waals surface area (Å²) in [6.45, 7) is 12.2. The van der Waals surface area contributed by atoms with E-state index in [4.69, 9.17) is 0 Å². The van der Waals surface area contributed by atoms with Gasteiger partial charge in [-0.1, -0.05) is 27.7 Å². The van der Waals surface area contributed by atoms with Crippen molar-refractivity contribution in [2.45, 2.75) is 58.7 Å². The number of aromatic amines is 1. The number of H-pyrrole nitrogens is 1. The molecule has 0 bridgehead atoms. The molecule has 1 aliphatic heterocycles. The molecule has 3 rings (SSSR count). The lowest BCUT2D eigenvalue weighted by Gasteiger charge is -2.37. The standard InChI is InChI=1S/C17H26N4/c1-5-14-15-7-6-8-20(15)9-10-21(14)12-13-11-18-19-16(13)17(2,3)4/h6-8,11,14H,5,9-10,12H2,1-4H3,(H,18,19)/t14-/m1/s1. The summed E-state index contributed by atoms with van der Waals surface area (Å²) >= 11 is 0. The van der Waals surface area contributed by atoms with E-state index < -0.39 is 0 Å². The Morgan fingerprint density at radius 1 is 1.33 bits per heavy atom. The molecule has 4 nitrogen and oxygen atoms in total. The first kappa shape index (κ1) is 14.4. The van der Waals surface area contributed by atoms with Crippen LogP contribution in [0.3, 0.4) is 0 Å². The van der Waals surface area contributed by atoms with Crippen LogP contribution < -0.4 is 0 Å². The molecule has 1 N–H and O–H groups in total. The minimum atomic E-state index is 0.115. The van der Waals surface area contributed by atoms with E-state index >= 15 is 0 Å². The van der Waals surface area contributed by atoms with Gasteiger partial charge in [-0.15, -0.1) is 0 Å². The first-order valence-electron chi connectivity index (χ1n) is 7.92. The highest BCUT2D eigenvalue weighted by molar-refractivity contribution is 5.24. The van der Waals surface area contributed by atoms with Crippen molar-refractivity contribution in [1.29, 1.82) is 0 Å². The van der Waals surface area contributed by atoms with Crippen LogP contribution in [-0.4, -0.2) is 26.2 Å². The predicted molar refractivity (Wildman–Crippen MR) is 85.2 cm³/mol. The number of fused-ring (bicyclic) bond motifs is 1. The molecule has 0 aromatic carbocycles. The summed E-state index contributed by atoms with van der Waals surface area (Å²) < 4.78 is 2.39. The number of rotatable bonds is 3. The molecule has 0 saturated carbocycles. The molecule has 0 unspecified atom stereocenters. The fourth-order valence-electron chi connectivity index (χ4n) is 3.47. The van der Waals surface area contributed by atoms with Gasteiger partial charge in [-0.05, 0) is 18.6 Å². The van der Waals surface area contributed by atoms with Gasteiger partial charge in [0.25, 0.3) is 0 Å². The second-order valence-corrected chi connectivity index (χ2v) is 7.04. The molecule has 2 aromatic rings. The Bertz CT molecular complexity index is 602. The van der Waals surface area contributed by atoms with Crippen LogP contribution >= 0.6 is 0 Å². The van der Waals surface area contributed by atoms with Gasteiger partial charge in [0.15, 0.2) is 0 Å². The summed E-state index contributed by atoms with van der Waals surface area (Å²) in [6, 6.07) is 4.94. The van der Waals surface area contributed by atoms with Gasteiger partial charge in [0, 0.05) is 48.2 Å². The van der Waals surface area contributed by atoms with Crippen LogP contribution in [0.4, 0.5) is 0 Å². The zero-order valence-electron chi connectivity index (χ0n) is 13.6. The summed E-state index contributed by atoms with van der Waals surface area (Å²) in [4.78, 5) is 2.59. The van der Waals surface area contributed by atoms with Gasteiger partial charge < -0.3 is 4.57 Å². The third-order valence-electron chi connectivity index (χ3n) is 4.50. The second kappa shape index (κ2) is 5.34. The molecule has 114 valence electrons. The fourth-order valence-corrected chi connectivity index (χ4v) is 3.47. The van der Waals surface area contributed by atoms with Crippen LogP contribution in [0, 0.1) is 0 Å². The van der Waals surface area contributed by atoms with Gasteiger partial charge in [-0.3, -0.25) is 10.00 Å². The van der Waals surface area contributed by atoms with Crippen molar-refractivity contribution in [2.24, 2.45) is 0 Å². The SMILES string of the molecule is CC[C@@H]1c2cccn2CCN1Cc1cn[nH]c1C(C)(C)C. The lowest BCUT2D eigenvalue weighted by atomic mass is 9.89. The highest BCUT2D eigenvalue weighted by atomic mass is 15.2. The molecule has 0 radical (unpaired) electrons. The predicted octanol–water partition coefficient (Wildman–Crippen LogP) is 3.48. The van der Waals surface area contributed by atoms with Crippen LogP contribution in [-0.2, 0) is 18.5 Å². The Hall–Kier alpha value is -1.55. The molecule has 2 aromatic heterocycles. The summed E-state index contributed by atoms with van der Waals surface area (Å²) in [5.41, 5.74) is 4.16. The monoisotopic (exact) mass is 286 g/mol. The maximum atomic E-state index is 4.28. The van der Waals surface area contributed by atoms with Crippen molar-refractivity contribution in [3.63, 3.8) is 0 Å². The molecule has 0 saturated heterocycles. The zero-order valence-corrected chi connectivity index (χ0v) is 13.6. The van der Waals surface area contributed by atoms with Crippen LogP contribution in [0.5, 0.6) is 0 Å². The van der Waals surface area contributed by atoms with E-state index in [0.717, 1.165) is 26.1 Å². The van der Waals surface area contributed by atoms with Crippen molar-refractivity contribution in [3.8, 4) is 0 Å². The molecule has 0 spiro atoms. The lowest BCUT2D eigenvalue weighted by Crippen LogP contribution is -2.37. The number of hydrogen-bond donors (Lipinski definition) is 1. The molecular weight excluding hydrogens is 260 g/mol. The van der Waals surface area contributed by atoms with Gasteiger partial charge in [0.05, 0.1) is 12.2 Å². The van der Waals surface area contributed by atoms with Gasteiger partial charge in [-0.2, -0.15) is 5.10 Å². The molecule has 21 heavy (non-hydrogen) atoms. The quantitative estimate of drug-likeness (QED) is 0.938. The van der Waals surface area contributed by atoms with E-state index in [1.807, 2.05) is 6.20 Å². The summed E-state index contributed by atoms with van der Waals surface area (Å²) in [7, 11) is 0. The molecule has 4 heteroatoms. The van der Waals surface area contributed by atoms with Crippen molar-refractivity contribution in [3.05, 3.63) is 41.5 Å². The first-order valence-corrected chi connectivity index (χ1v) is 7.92. The summed E-state index contributed by atoms with van der Waals surface area (Å²) in [5.74, 6) is 0. The maximum absolute atomic E-state index is 4.28. The Balaban J connectivity index is 1.84. The molecule has 0 fully saturated rings. The van der Waals surface area contributed by atoms with Crippen LogP contribution in [0.25, 0.3) is 0 Å². The largest absolute Gasteiger partial charge is 0.349 e. The average molecular weight is 286 g/mol. The molecular formula is C17H26N4. The van der Waals surface area contributed by atoms with Crippen molar-refractivity contribution < 1.29 is 0 Å². The summed E-state index contributed by atoms with van der Waals surface area (Å²) in [5, 5.41) is 7.48. The highest BCUT2D eigenvalue weighted by Crippen LogP contribution is 2.32.